The molecule has 0 atom stereocenters. The van der Waals surface area contributed by atoms with Gasteiger partial charge < -0.3 is 26.0 Å². The summed E-state index contributed by atoms with van der Waals surface area (Å²) < 4.78 is 5.29. The lowest BCUT2D eigenvalue weighted by atomic mass is 10.2. The van der Waals surface area contributed by atoms with Crippen molar-refractivity contribution in [2.45, 2.75) is 18.8 Å². The molecule has 2 aliphatic rings. The second-order valence-electron chi connectivity index (χ2n) is 7.73. The highest BCUT2D eigenvalue weighted by Crippen LogP contribution is 2.39. The van der Waals surface area contributed by atoms with Crippen LogP contribution in [0.25, 0.3) is 0 Å². The maximum atomic E-state index is 13.3. The van der Waals surface area contributed by atoms with E-state index in [2.05, 4.69) is 30.6 Å². The third kappa shape index (κ3) is 5.50. The largest absolute Gasteiger partial charge is 0.393 e. The fourth-order valence-electron chi connectivity index (χ4n) is 3.41. The smallest absolute Gasteiger partial charge is 0.276 e. The van der Waals surface area contributed by atoms with Crippen LogP contribution in [0.5, 0.6) is 0 Å². The number of carbonyl (C=O) groups excluding carboxylic acids is 2. The number of aliphatic imine (C=N–C) groups is 1. The van der Waals surface area contributed by atoms with Crippen LogP contribution in [-0.4, -0.2) is 71.2 Å². The lowest BCUT2D eigenvalue weighted by Gasteiger charge is -2.27. The van der Waals surface area contributed by atoms with Crippen LogP contribution in [0.2, 0.25) is 0 Å². The van der Waals surface area contributed by atoms with Gasteiger partial charge in [0.2, 0.25) is 0 Å². The van der Waals surface area contributed by atoms with Gasteiger partial charge in [-0.05, 0) is 25.0 Å². The maximum absolute atomic E-state index is 13.3. The van der Waals surface area contributed by atoms with Crippen molar-refractivity contribution in [3.05, 3.63) is 53.6 Å². The van der Waals surface area contributed by atoms with Crippen LogP contribution in [0.3, 0.4) is 0 Å². The SMILES string of the molecule is CN=CC(NC(=O)c1nc(C2CC2)ccc1Nc1cncnc1)=C(N)C(=O)N1CCOCC1. The van der Waals surface area contributed by atoms with E-state index in [1.165, 1.54) is 19.6 Å². The summed E-state index contributed by atoms with van der Waals surface area (Å²) in [7, 11) is 1.53. The molecule has 0 unspecified atom stereocenters. The molecule has 172 valence electrons. The van der Waals surface area contributed by atoms with Gasteiger partial charge in [-0.2, -0.15) is 0 Å². The molecule has 0 spiro atoms. The first-order chi connectivity index (χ1) is 16.1. The molecule has 0 radical (unpaired) electrons. The number of allylic oxidation sites excluding steroid dienone is 1. The molecular formula is C22H26N8O3. The number of nitrogens with two attached hydrogens (primary N) is 1. The van der Waals surface area contributed by atoms with E-state index >= 15 is 0 Å². The monoisotopic (exact) mass is 450 g/mol. The molecule has 2 aromatic rings. The Kier molecular flexibility index (Phi) is 6.89. The van der Waals surface area contributed by atoms with Crippen molar-refractivity contribution in [1.82, 2.24) is 25.2 Å². The summed E-state index contributed by atoms with van der Waals surface area (Å²) in [4.78, 5) is 44.2. The molecule has 11 heteroatoms. The van der Waals surface area contributed by atoms with Gasteiger partial charge in [0.15, 0.2) is 5.69 Å². The summed E-state index contributed by atoms with van der Waals surface area (Å²) in [6.07, 6.45) is 8.05. The van der Waals surface area contributed by atoms with Crippen molar-refractivity contribution in [3.8, 4) is 0 Å². The first kappa shape index (κ1) is 22.3. The number of morpholine rings is 1. The van der Waals surface area contributed by atoms with Gasteiger partial charge in [-0.15, -0.1) is 0 Å². The van der Waals surface area contributed by atoms with Crippen molar-refractivity contribution in [2.75, 3.05) is 38.7 Å². The molecule has 33 heavy (non-hydrogen) atoms. The van der Waals surface area contributed by atoms with E-state index in [1.807, 2.05) is 12.1 Å². The van der Waals surface area contributed by atoms with Crippen LogP contribution in [0.15, 0.2) is 47.2 Å². The minimum Gasteiger partial charge on any atom is -0.393 e. The number of carbonyl (C=O) groups is 2. The van der Waals surface area contributed by atoms with Gasteiger partial charge in [0.25, 0.3) is 11.8 Å². The van der Waals surface area contributed by atoms with Crippen molar-refractivity contribution in [1.29, 1.82) is 0 Å². The number of pyridine rings is 1. The van der Waals surface area contributed by atoms with Gasteiger partial charge in [-0.3, -0.25) is 14.6 Å². The van der Waals surface area contributed by atoms with Crippen LogP contribution in [0.4, 0.5) is 11.4 Å². The Morgan fingerprint density at radius 3 is 2.61 bits per heavy atom. The number of hydrogen-bond donors (Lipinski definition) is 3. The van der Waals surface area contributed by atoms with E-state index in [-0.39, 0.29) is 23.0 Å². The summed E-state index contributed by atoms with van der Waals surface area (Å²) in [6, 6.07) is 3.71. The Morgan fingerprint density at radius 1 is 1.21 bits per heavy atom. The third-order valence-corrected chi connectivity index (χ3v) is 5.29. The maximum Gasteiger partial charge on any atom is 0.276 e. The Balaban J connectivity index is 1.62. The number of nitrogens with one attached hydrogen (secondary N) is 2. The summed E-state index contributed by atoms with van der Waals surface area (Å²) >= 11 is 0. The van der Waals surface area contributed by atoms with Gasteiger partial charge in [-0.1, -0.05) is 0 Å². The first-order valence-electron chi connectivity index (χ1n) is 10.7. The van der Waals surface area contributed by atoms with Crippen LogP contribution >= 0.6 is 0 Å². The molecule has 0 aromatic carbocycles. The van der Waals surface area contributed by atoms with Crippen LogP contribution in [0, 0.1) is 0 Å². The van der Waals surface area contributed by atoms with Gasteiger partial charge in [0.05, 0.1) is 42.7 Å². The Bertz CT molecular complexity index is 1080. The number of amides is 2. The van der Waals surface area contributed by atoms with Gasteiger partial charge in [0.1, 0.15) is 12.0 Å². The average Bonchev–Trinajstić information content (AvgIpc) is 3.70. The van der Waals surface area contributed by atoms with E-state index in [0.717, 1.165) is 18.5 Å². The zero-order valence-corrected chi connectivity index (χ0v) is 18.3. The number of anilines is 2. The topological polar surface area (TPSA) is 148 Å². The standard InChI is InChI=1S/C22H26N8O3/c1-24-12-18(19(23)22(32)30-6-8-33-9-7-30)29-21(31)20-17(27-15-10-25-13-26-11-15)5-4-16(28-20)14-2-3-14/h4-5,10-14,27H,2-3,6-9,23H2,1H3,(H,29,31). The van der Waals surface area contributed by atoms with E-state index < -0.39 is 5.91 Å². The molecule has 2 amide bonds. The summed E-state index contributed by atoms with van der Waals surface area (Å²) in [5.74, 6) is -0.539. The second kappa shape index (κ2) is 10.2. The Hall–Kier alpha value is -3.86. The van der Waals surface area contributed by atoms with Gasteiger partial charge in [-0.25, -0.2) is 15.0 Å². The Morgan fingerprint density at radius 2 is 1.94 bits per heavy atom. The fraction of sp³-hybridized carbons (Fsp3) is 0.364. The zero-order valence-electron chi connectivity index (χ0n) is 18.3. The minimum absolute atomic E-state index is 0.0971. The highest BCUT2D eigenvalue weighted by molar-refractivity contribution is 6.05. The molecule has 0 bridgehead atoms. The highest BCUT2D eigenvalue weighted by Gasteiger charge is 2.28. The third-order valence-electron chi connectivity index (χ3n) is 5.29. The second-order valence-corrected chi connectivity index (χ2v) is 7.73. The van der Waals surface area contributed by atoms with Crippen LogP contribution < -0.4 is 16.4 Å². The van der Waals surface area contributed by atoms with Crippen LogP contribution in [0.1, 0.15) is 34.9 Å². The molecule has 1 aliphatic carbocycles. The fourth-order valence-corrected chi connectivity index (χ4v) is 3.41. The van der Waals surface area contributed by atoms with E-state index in [4.69, 9.17) is 10.5 Å². The van der Waals surface area contributed by atoms with Crippen LogP contribution in [-0.2, 0) is 9.53 Å². The molecular weight excluding hydrogens is 424 g/mol. The predicted octanol–water partition coefficient (Wildman–Crippen LogP) is 0.952. The number of ether oxygens (including phenoxy) is 1. The van der Waals surface area contributed by atoms with Gasteiger partial charge in [0, 0.05) is 38.0 Å². The molecule has 2 aromatic heterocycles. The molecule has 3 heterocycles. The molecule has 4 N–H and O–H groups in total. The van der Waals surface area contributed by atoms with Crippen molar-refractivity contribution < 1.29 is 14.3 Å². The number of nitrogens with zero attached hydrogens (tertiary/aromatic N) is 5. The van der Waals surface area contributed by atoms with E-state index in [0.29, 0.717) is 43.6 Å². The first-order valence-corrected chi connectivity index (χ1v) is 10.7. The van der Waals surface area contributed by atoms with Crippen molar-refractivity contribution in [3.63, 3.8) is 0 Å². The normalized spacial score (nSPS) is 16.9. The quantitative estimate of drug-likeness (QED) is 0.417. The predicted molar refractivity (Wildman–Crippen MR) is 122 cm³/mol. The lowest BCUT2D eigenvalue weighted by Crippen LogP contribution is -2.44. The lowest BCUT2D eigenvalue weighted by molar-refractivity contribution is -0.131. The minimum atomic E-state index is -0.510. The molecule has 11 nitrogen and oxygen atoms in total. The number of rotatable bonds is 7. The number of aromatic nitrogens is 3. The Labute approximate surface area is 191 Å². The molecule has 1 saturated carbocycles. The highest BCUT2D eigenvalue weighted by atomic mass is 16.5. The molecule has 4 rings (SSSR count). The molecule has 2 fully saturated rings. The van der Waals surface area contributed by atoms with Gasteiger partial charge >= 0.3 is 0 Å². The summed E-state index contributed by atoms with van der Waals surface area (Å²) in [5.41, 5.74) is 8.29. The van der Waals surface area contributed by atoms with E-state index in [9.17, 15) is 9.59 Å². The summed E-state index contributed by atoms with van der Waals surface area (Å²) in [6.45, 7) is 1.75. The average molecular weight is 451 g/mol. The molecule has 1 saturated heterocycles. The molecule has 1 aliphatic heterocycles. The summed E-state index contributed by atoms with van der Waals surface area (Å²) in [5, 5.41) is 5.85. The van der Waals surface area contributed by atoms with Crippen molar-refractivity contribution in [2.24, 2.45) is 10.7 Å². The zero-order chi connectivity index (χ0) is 23.2. The van der Waals surface area contributed by atoms with E-state index in [1.54, 1.807) is 17.3 Å². The van der Waals surface area contributed by atoms with Crippen molar-refractivity contribution >= 4 is 29.4 Å². The number of hydrogen-bond acceptors (Lipinski definition) is 9.